The van der Waals surface area contributed by atoms with Crippen LogP contribution in [0.25, 0.3) is 5.57 Å². The molecule has 1 heterocycles. The molecule has 1 atom stereocenters. The van der Waals surface area contributed by atoms with Gasteiger partial charge >= 0.3 is 5.97 Å². The fourth-order valence-electron chi connectivity index (χ4n) is 4.29. The maximum atomic E-state index is 12.2. The fraction of sp³-hybridized carbons (Fsp3) is 0.276. The van der Waals surface area contributed by atoms with Gasteiger partial charge in [-0.3, -0.25) is 4.79 Å². The van der Waals surface area contributed by atoms with E-state index in [1.54, 1.807) is 25.3 Å². The number of aliphatic carboxylic acids is 1. The topological polar surface area (TPSA) is 94.5 Å². The second-order valence-corrected chi connectivity index (χ2v) is 8.55. The molecule has 1 aliphatic rings. The number of hydrogen-bond donors (Lipinski definition) is 2. The average molecular weight is 491 g/mol. The van der Waals surface area contributed by atoms with Gasteiger partial charge in [-0.15, -0.1) is 0 Å². The summed E-state index contributed by atoms with van der Waals surface area (Å²) in [5.74, 6) is 0.0830. The molecule has 0 saturated carbocycles. The van der Waals surface area contributed by atoms with Crippen molar-refractivity contribution in [2.75, 3.05) is 20.3 Å². The SMILES string of the molecule is CC=C(CC(C(=O)O)C1COC(c2ccccc2Oc2ccc(OC)cc2)OC1)c1ccccc1O. The third kappa shape index (κ3) is 5.87. The highest BCUT2D eigenvalue weighted by Gasteiger charge is 2.35. The van der Waals surface area contributed by atoms with Gasteiger partial charge in [-0.1, -0.05) is 42.5 Å². The van der Waals surface area contributed by atoms with Gasteiger partial charge in [-0.2, -0.15) is 0 Å². The number of phenols is 1. The van der Waals surface area contributed by atoms with E-state index in [0.717, 1.165) is 16.9 Å². The van der Waals surface area contributed by atoms with E-state index in [0.29, 0.717) is 17.1 Å². The minimum absolute atomic E-state index is 0.124. The monoisotopic (exact) mass is 490 g/mol. The Kier molecular flexibility index (Phi) is 8.25. The lowest BCUT2D eigenvalue weighted by Crippen LogP contribution is -2.36. The van der Waals surface area contributed by atoms with E-state index in [4.69, 9.17) is 18.9 Å². The molecule has 0 radical (unpaired) electrons. The van der Waals surface area contributed by atoms with E-state index in [1.807, 2.05) is 67.6 Å². The summed E-state index contributed by atoms with van der Waals surface area (Å²) in [4.78, 5) is 12.2. The van der Waals surface area contributed by atoms with Crippen molar-refractivity contribution in [1.29, 1.82) is 0 Å². The summed E-state index contributed by atoms with van der Waals surface area (Å²) in [6.45, 7) is 2.27. The Balaban J connectivity index is 1.44. The van der Waals surface area contributed by atoms with Crippen LogP contribution in [0, 0.1) is 11.8 Å². The molecule has 36 heavy (non-hydrogen) atoms. The summed E-state index contributed by atoms with van der Waals surface area (Å²) < 4.78 is 23.3. The van der Waals surface area contributed by atoms with E-state index >= 15 is 0 Å². The van der Waals surface area contributed by atoms with Crippen LogP contribution in [0.5, 0.6) is 23.0 Å². The van der Waals surface area contributed by atoms with E-state index in [9.17, 15) is 15.0 Å². The van der Waals surface area contributed by atoms with Gasteiger partial charge in [-0.05, 0) is 55.3 Å². The number of allylic oxidation sites excluding steroid dienone is 2. The molecule has 3 aromatic rings. The van der Waals surface area contributed by atoms with Gasteiger partial charge in [-0.25, -0.2) is 0 Å². The van der Waals surface area contributed by atoms with Gasteiger partial charge < -0.3 is 29.2 Å². The van der Waals surface area contributed by atoms with Gasteiger partial charge in [0.1, 0.15) is 23.0 Å². The molecule has 188 valence electrons. The first-order chi connectivity index (χ1) is 17.5. The van der Waals surface area contributed by atoms with Crippen LogP contribution >= 0.6 is 0 Å². The molecule has 4 rings (SSSR count). The number of benzene rings is 3. The number of carboxylic acid groups (broad SMARTS) is 1. The number of rotatable bonds is 9. The van der Waals surface area contributed by atoms with Crippen LogP contribution in [-0.2, 0) is 14.3 Å². The van der Waals surface area contributed by atoms with Gasteiger partial charge in [0, 0.05) is 11.5 Å². The molecule has 3 aromatic carbocycles. The predicted octanol–water partition coefficient (Wildman–Crippen LogP) is 6.05. The zero-order chi connectivity index (χ0) is 25.5. The summed E-state index contributed by atoms with van der Waals surface area (Å²) in [7, 11) is 1.61. The Morgan fingerprint density at radius 3 is 2.28 bits per heavy atom. The molecule has 1 aliphatic heterocycles. The van der Waals surface area contributed by atoms with Crippen LogP contribution in [0.2, 0.25) is 0 Å². The first-order valence-electron chi connectivity index (χ1n) is 11.8. The van der Waals surface area contributed by atoms with Crippen LogP contribution in [0.3, 0.4) is 0 Å². The molecule has 7 heteroatoms. The van der Waals surface area contributed by atoms with E-state index in [1.165, 1.54) is 0 Å². The first kappa shape index (κ1) is 25.3. The predicted molar refractivity (Wildman–Crippen MR) is 135 cm³/mol. The molecule has 1 unspecified atom stereocenters. The van der Waals surface area contributed by atoms with Crippen molar-refractivity contribution in [3.8, 4) is 23.0 Å². The van der Waals surface area contributed by atoms with Gasteiger partial charge in [0.15, 0.2) is 6.29 Å². The summed E-state index contributed by atoms with van der Waals surface area (Å²) in [6.07, 6.45) is 1.41. The standard InChI is InChI=1S/C29H30O7/c1-3-19(23-8-4-6-10-26(23)30)16-25(28(31)32)20-17-34-29(35-18-20)24-9-5-7-11-27(24)36-22-14-12-21(33-2)13-15-22/h3-15,20,25,29-30H,16-18H2,1-2H3,(H,31,32). The zero-order valence-corrected chi connectivity index (χ0v) is 20.3. The van der Waals surface area contributed by atoms with E-state index < -0.39 is 18.2 Å². The third-order valence-electron chi connectivity index (χ3n) is 6.31. The lowest BCUT2D eigenvalue weighted by Gasteiger charge is -2.33. The number of phenolic OH excluding ortho intramolecular Hbond substituents is 1. The normalized spacial score (nSPS) is 18.9. The molecule has 7 nitrogen and oxygen atoms in total. The van der Waals surface area contributed by atoms with Crippen LogP contribution in [0.1, 0.15) is 30.8 Å². The Labute approximate surface area is 210 Å². The van der Waals surface area contributed by atoms with Gasteiger partial charge in [0.25, 0.3) is 0 Å². The molecular formula is C29H30O7. The van der Waals surface area contributed by atoms with Crippen molar-refractivity contribution in [1.82, 2.24) is 0 Å². The van der Waals surface area contributed by atoms with Gasteiger partial charge in [0.05, 0.1) is 31.8 Å². The smallest absolute Gasteiger partial charge is 0.307 e. The molecular weight excluding hydrogens is 460 g/mol. The lowest BCUT2D eigenvalue weighted by molar-refractivity contribution is -0.215. The maximum absolute atomic E-state index is 12.2. The van der Waals surface area contributed by atoms with E-state index in [-0.39, 0.29) is 31.3 Å². The highest BCUT2D eigenvalue weighted by Crippen LogP contribution is 2.38. The number of aromatic hydroxyl groups is 1. The first-order valence-corrected chi connectivity index (χ1v) is 11.8. The molecule has 0 aliphatic carbocycles. The minimum atomic E-state index is -0.927. The lowest BCUT2D eigenvalue weighted by atomic mass is 9.84. The minimum Gasteiger partial charge on any atom is -0.507 e. The van der Waals surface area contributed by atoms with Crippen LogP contribution in [0.15, 0.2) is 78.9 Å². The summed E-state index contributed by atoms with van der Waals surface area (Å²) in [6, 6.07) is 21.6. The number of hydrogen-bond acceptors (Lipinski definition) is 6. The summed E-state index contributed by atoms with van der Waals surface area (Å²) >= 11 is 0. The van der Waals surface area contributed by atoms with Crippen molar-refractivity contribution in [3.05, 3.63) is 90.0 Å². The second kappa shape index (κ2) is 11.7. The Morgan fingerprint density at radius 2 is 1.64 bits per heavy atom. The van der Waals surface area contributed by atoms with Crippen molar-refractivity contribution in [2.24, 2.45) is 11.8 Å². The largest absolute Gasteiger partial charge is 0.507 e. The van der Waals surface area contributed by atoms with Crippen LogP contribution in [-0.4, -0.2) is 36.5 Å². The molecule has 1 saturated heterocycles. The van der Waals surface area contributed by atoms with Gasteiger partial charge in [0.2, 0.25) is 0 Å². The second-order valence-electron chi connectivity index (χ2n) is 8.55. The molecule has 2 N–H and O–H groups in total. The van der Waals surface area contributed by atoms with Crippen molar-refractivity contribution >= 4 is 11.5 Å². The van der Waals surface area contributed by atoms with Crippen LogP contribution in [0.4, 0.5) is 0 Å². The van der Waals surface area contributed by atoms with Crippen molar-refractivity contribution in [3.63, 3.8) is 0 Å². The number of methoxy groups -OCH3 is 1. The Bertz CT molecular complexity index is 1190. The molecule has 0 aromatic heterocycles. The number of para-hydroxylation sites is 2. The fourth-order valence-corrected chi connectivity index (χ4v) is 4.29. The Hall–Kier alpha value is -3.81. The molecule has 0 amide bonds. The quantitative estimate of drug-likeness (QED) is 0.377. The summed E-state index contributed by atoms with van der Waals surface area (Å²) in [5, 5.41) is 20.2. The van der Waals surface area contributed by atoms with E-state index in [2.05, 4.69) is 0 Å². The third-order valence-corrected chi connectivity index (χ3v) is 6.31. The zero-order valence-electron chi connectivity index (χ0n) is 20.3. The Morgan fingerprint density at radius 1 is 1.00 bits per heavy atom. The van der Waals surface area contributed by atoms with Crippen molar-refractivity contribution < 1.29 is 34.0 Å². The molecule has 1 fully saturated rings. The number of ether oxygens (including phenoxy) is 4. The highest BCUT2D eigenvalue weighted by molar-refractivity contribution is 5.77. The molecule has 0 bridgehead atoms. The maximum Gasteiger partial charge on any atom is 0.307 e. The van der Waals surface area contributed by atoms with Crippen LogP contribution < -0.4 is 9.47 Å². The number of carboxylic acids is 1. The highest BCUT2D eigenvalue weighted by atomic mass is 16.7. The summed E-state index contributed by atoms with van der Waals surface area (Å²) in [5.41, 5.74) is 2.12. The van der Waals surface area contributed by atoms with Crippen molar-refractivity contribution in [2.45, 2.75) is 19.6 Å². The molecule has 0 spiro atoms. The average Bonchev–Trinajstić information content (AvgIpc) is 2.91. The number of carbonyl (C=O) groups is 1.